The lowest BCUT2D eigenvalue weighted by Crippen LogP contribution is -2.11. The van der Waals surface area contributed by atoms with Crippen molar-refractivity contribution in [2.75, 3.05) is 12.4 Å². The molecule has 5 heteroatoms. The van der Waals surface area contributed by atoms with Gasteiger partial charge in [0.05, 0.1) is 25.2 Å². The number of nitrogens with zero attached hydrogens (tertiary/aromatic N) is 1. The Balaban J connectivity index is 1.56. The van der Waals surface area contributed by atoms with Crippen molar-refractivity contribution in [1.82, 2.24) is 9.97 Å². The highest BCUT2D eigenvalue weighted by atomic mass is 127. The molecule has 1 atom stereocenters. The fourth-order valence-electron chi connectivity index (χ4n) is 1.59. The molecule has 3 nitrogen and oxygen atoms in total. The Bertz CT molecular complexity index is 450. The van der Waals surface area contributed by atoms with E-state index in [-0.39, 0.29) is 0 Å². The minimum Gasteiger partial charge on any atom is -0.374 e. The van der Waals surface area contributed by atoms with Crippen molar-refractivity contribution in [2.45, 2.75) is 16.3 Å². The third-order valence-corrected chi connectivity index (χ3v) is 5.09. The van der Waals surface area contributed by atoms with Gasteiger partial charge in [-0.3, -0.25) is 0 Å². The maximum atomic E-state index is 5.64. The van der Waals surface area contributed by atoms with Gasteiger partial charge in [0.25, 0.3) is 0 Å². The number of benzene rings is 1. The molecule has 0 saturated heterocycles. The van der Waals surface area contributed by atoms with Gasteiger partial charge in [-0.1, -0.05) is 52.9 Å². The molecule has 0 bridgehead atoms. The molecule has 0 radical (unpaired) electrons. The Morgan fingerprint density at radius 1 is 1.32 bits per heavy atom. The van der Waals surface area contributed by atoms with Crippen molar-refractivity contribution in [1.29, 1.82) is 0 Å². The molecule has 2 aromatic rings. The van der Waals surface area contributed by atoms with Crippen LogP contribution in [0.25, 0.3) is 0 Å². The second-order valence-electron chi connectivity index (χ2n) is 4.17. The summed E-state index contributed by atoms with van der Waals surface area (Å²) < 4.78 is 6.17. The standard InChI is InChI=1S/C14H17IN2OS/c15-13(7-18-8-14-6-16-11-17-14)10-19-9-12-4-2-1-3-5-12/h1-6,11,13H,7-10H2,(H,16,17). The molecule has 1 aromatic heterocycles. The monoisotopic (exact) mass is 388 g/mol. The van der Waals surface area contributed by atoms with E-state index < -0.39 is 0 Å². The van der Waals surface area contributed by atoms with Gasteiger partial charge in [0.1, 0.15) is 0 Å². The molecule has 1 aromatic carbocycles. The van der Waals surface area contributed by atoms with Gasteiger partial charge in [0.15, 0.2) is 0 Å². The summed E-state index contributed by atoms with van der Waals surface area (Å²) in [6.45, 7) is 1.36. The van der Waals surface area contributed by atoms with E-state index in [4.69, 9.17) is 4.74 Å². The Hall–Kier alpha value is -0.530. The zero-order chi connectivity index (χ0) is 13.3. The number of rotatable bonds is 8. The van der Waals surface area contributed by atoms with E-state index in [1.807, 2.05) is 18.0 Å². The number of aromatic nitrogens is 2. The molecule has 0 aliphatic rings. The van der Waals surface area contributed by atoms with E-state index >= 15 is 0 Å². The number of hydrogen-bond donors (Lipinski definition) is 1. The average molecular weight is 388 g/mol. The van der Waals surface area contributed by atoms with E-state index in [9.17, 15) is 0 Å². The van der Waals surface area contributed by atoms with Crippen LogP contribution in [-0.4, -0.2) is 26.3 Å². The zero-order valence-electron chi connectivity index (χ0n) is 10.6. The number of nitrogens with one attached hydrogen (secondary N) is 1. The summed E-state index contributed by atoms with van der Waals surface area (Å²) >= 11 is 4.40. The van der Waals surface area contributed by atoms with Crippen LogP contribution in [0.15, 0.2) is 42.9 Å². The number of halogens is 1. The van der Waals surface area contributed by atoms with Gasteiger partial charge in [0.2, 0.25) is 0 Å². The molecule has 0 aliphatic carbocycles. The molecular formula is C14H17IN2OS. The van der Waals surface area contributed by atoms with Crippen LogP contribution in [0, 0.1) is 0 Å². The molecule has 0 amide bonds. The maximum Gasteiger partial charge on any atom is 0.0924 e. The smallest absolute Gasteiger partial charge is 0.0924 e. The average Bonchev–Trinajstić information content (AvgIpc) is 2.93. The fourth-order valence-corrected chi connectivity index (χ4v) is 3.50. The van der Waals surface area contributed by atoms with Crippen molar-refractivity contribution >= 4 is 34.4 Å². The first-order valence-electron chi connectivity index (χ1n) is 6.16. The predicted molar refractivity (Wildman–Crippen MR) is 88.7 cm³/mol. The van der Waals surface area contributed by atoms with Crippen molar-refractivity contribution in [3.8, 4) is 0 Å². The lowest BCUT2D eigenvalue weighted by Gasteiger charge is -2.09. The molecule has 0 fully saturated rings. The van der Waals surface area contributed by atoms with Gasteiger partial charge in [0, 0.05) is 21.6 Å². The summed E-state index contributed by atoms with van der Waals surface area (Å²) in [6, 6.07) is 10.6. The number of thioether (sulfide) groups is 1. The van der Waals surface area contributed by atoms with Crippen LogP contribution in [0.3, 0.4) is 0 Å². The molecule has 19 heavy (non-hydrogen) atoms. The molecule has 1 unspecified atom stereocenters. The van der Waals surface area contributed by atoms with Crippen LogP contribution < -0.4 is 0 Å². The number of imidazole rings is 1. The molecule has 0 aliphatic heterocycles. The molecule has 2 rings (SSSR count). The molecule has 0 saturated carbocycles. The first-order valence-corrected chi connectivity index (χ1v) is 8.56. The Labute approximate surface area is 131 Å². The summed E-state index contributed by atoms with van der Waals surface area (Å²) in [5.41, 5.74) is 2.34. The van der Waals surface area contributed by atoms with Crippen molar-refractivity contribution in [3.05, 3.63) is 54.1 Å². The third-order valence-electron chi connectivity index (χ3n) is 2.51. The van der Waals surface area contributed by atoms with Crippen LogP contribution in [0.2, 0.25) is 0 Å². The Morgan fingerprint density at radius 3 is 2.89 bits per heavy atom. The number of ether oxygens (including phenoxy) is 1. The quantitative estimate of drug-likeness (QED) is 0.554. The Morgan fingerprint density at radius 2 is 2.16 bits per heavy atom. The van der Waals surface area contributed by atoms with Gasteiger partial charge in [-0.2, -0.15) is 11.8 Å². The van der Waals surface area contributed by atoms with E-state index in [1.165, 1.54) is 5.56 Å². The first-order chi connectivity index (χ1) is 9.34. The molecular weight excluding hydrogens is 371 g/mol. The largest absolute Gasteiger partial charge is 0.374 e. The summed E-state index contributed by atoms with van der Waals surface area (Å²) in [5, 5.41) is 0. The van der Waals surface area contributed by atoms with Gasteiger partial charge in [-0.25, -0.2) is 4.98 Å². The first kappa shape index (κ1) is 14.9. The SMILES string of the molecule is IC(COCc1c[nH]cn1)CSCc1ccccc1. The zero-order valence-corrected chi connectivity index (χ0v) is 13.6. The number of aromatic amines is 1. The summed E-state index contributed by atoms with van der Waals surface area (Å²) in [6.07, 6.45) is 3.54. The minimum atomic E-state index is 0.533. The van der Waals surface area contributed by atoms with Crippen LogP contribution in [0.4, 0.5) is 0 Å². The highest BCUT2D eigenvalue weighted by Crippen LogP contribution is 2.16. The predicted octanol–water partition coefficient (Wildman–Crippen LogP) is 3.66. The van der Waals surface area contributed by atoms with Crippen LogP contribution in [-0.2, 0) is 17.1 Å². The maximum absolute atomic E-state index is 5.64. The Kier molecular flexibility index (Phi) is 6.73. The summed E-state index contributed by atoms with van der Waals surface area (Å²) in [5.74, 6) is 2.18. The van der Waals surface area contributed by atoms with Crippen molar-refractivity contribution in [3.63, 3.8) is 0 Å². The van der Waals surface area contributed by atoms with E-state index in [0.29, 0.717) is 10.5 Å². The lowest BCUT2D eigenvalue weighted by molar-refractivity contribution is 0.125. The van der Waals surface area contributed by atoms with E-state index in [0.717, 1.165) is 23.8 Å². The van der Waals surface area contributed by atoms with Gasteiger partial charge >= 0.3 is 0 Å². The topological polar surface area (TPSA) is 37.9 Å². The van der Waals surface area contributed by atoms with E-state index in [1.54, 1.807) is 6.33 Å². The minimum absolute atomic E-state index is 0.533. The molecule has 1 N–H and O–H groups in total. The number of alkyl halides is 1. The van der Waals surface area contributed by atoms with Gasteiger partial charge < -0.3 is 9.72 Å². The lowest BCUT2D eigenvalue weighted by atomic mass is 10.2. The fraction of sp³-hybridized carbons (Fsp3) is 0.357. The van der Waals surface area contributed by atoms with Crippen LogP contribution in [0.5, 0.6) is 0 Å². The van der Waals surface area contributed by atoms with E-state index in [2.05, 4.69) is 62.9 Å². The molecule has 1 heterocycles. The second kappa shape index (κ2) is 8.60. The summed E-state index contributed by atoms with van der Waals surface area (Å²) in [7, 11) is 0. The second-order valence-corrected chi connectivity index (χ2v) is 6.97. The normalized spacial score (nSPS) is 12.5. The van der Waals surface area contributed by atoms with Gasteiger partial charge in [-0.15, -0.1) is 0 Å². The van der Waals surface area contributed by atoms with Crippen LogP contribution >= 0.6 is 34.4 Å². The van der Waals surface area contributed by atoms with Gasteiger partial charge in [-0.05, 0) is 5.56 Å². The number of hydrogen-bond acceptors (Lipinski definition) is 3. The van der Waals surface area contributed by atoms with Crippen LogP contribution in [0.1, 0.15) is 11.3 Å². The molecule has 102 valence electrons. The highest BCUT2D eigenvalue weighted by molar-refractivity contribution is 14.1. The third kappa shape index (κ3) is 5.97. The molecule has 0 spiro atoms. The van der Waals surface area contributed by atoms with Crippen molar-refractivity contribution < 1.29 is 4.74 Å². The van der Waals surface area contributed by atoms with Crippen molar-refractivity contribution in [2.24, 2.45) is 0 Å². The summed E-state index contributed by atoms with van der Waals surface area (Å²) in [4.78, 5) is 7.05. The highest BCUT2D eigenvalue weighted by Gasteiger charge is 2.05. The number of H-pyrrole nitrogens is 1.